The van der Waals surface area contributed by atoms with Crippen LogP contribution in [0.15, 0.2) is 42.6 Å². The fourth-order valence-electron chi connectivity index (χ4n) is 1.70. The Bertz CT molecular complexity index is 582. The van der Waals surface area contributed by atoms with Crippen LogP contribution >= 0.6 is 0 Å². The van der Waals surface area contributed by atoms with Crippen molar-refractivity contribution in [1.29, 1.82) is 0 Å². The molecule has 6 nitrogen and oxygen atoms in total. The molecule has 1 heterocycles. The van der Waals surface area contributed by atoms with Crippen LogP contribution in [0.3, 0.4) is 0 Å². The van der Waals surface area contributed by atoms with Gasteiger partial charge in [0.05, 0.1) is 25.6 Å². The molecule has 0 atom stereocenters. The molecule has 2 aromatic rings. The van der Waals surface area contributed by atoms with Crippen LogP contribution in [-0.2, 0) is 0 Å². The number of aliphatic hydroxyl groups is 1. The largest absolute Gasteiger partial charge is 0.497 e. The monoisotopic (exact) mass is 287 g/mol. The highest BCUT2D eigenvalue weighted by Crippen LogP contribution is 2.14. The summed E-state index contributed by atoms with van der Waals surface area (Å²) in [5.41, 5.74) is 1.14. The summed E-state index contributed by atoms with van der Waals surface area (Å²) in [6.07, 6.45) is 1.56. The minimum absolute atomic E-state index is 0.0393. The van der Waals surface area contributed by atoms with E-state index < -0.39 is 0 Å². The summed E-state index contributed by atoms with van der Waals surface area (Å²) in [6.45, 7) is 0.474. The quantitative estimate of drug-likeness (QED) is 0.754. The van der Waals surface area contributed by atoms with Gasteiger partial charge in [0, 0.05) is 12.1 Å². The first-order chi connectivity index (χ1) is 10.2. The van der Waals surface area contributed by atoms with E-state index in [0.717, 1.165) is 0 Å². The number of benzene rings is 1. The Hall–Kier alpha value is -2.60. The molecule has 1 aromatic heterocycles. The van der Waals surface area contributed by atoms with Crippen molar-refractivity contribution in [1.82, 2.24) is 4.98 Å². The maximum atomic E-state index is 12.0. The van der Waals surface area contributed by atoms with Crippen molar-refractivity contribution < 1.29 is 14.6 Å². The topological polar surface area (TPSA) is 83.5 Å². The molecule has 6 heteroatoms. The number of aromatic nitrogens is 1. The number of rotatable bonds is 6. The molecule has 110 valence electrons. The zero-order valence-corrected chi connectivity index (χ0v) is 11.7. The lowest BCUT2D eigenvalue weighted by Gasteiger charge is -2.07. The average molecular weight is 287 g/mol. The van der Waals surface area contributed by atoms with E-state index >= 15 is 0 Å². The second-order valence-electron chi connectivity index (χ2n) is 4.27. The first-order valence-electron chi connectivity index (χ1n) is 6.49. The summed E-state index contributed by atoms with van der Waals surface area (Å²) in [7, 11) is 1.58. The maximum absolute atomic E-state index is 12.0. The lowest BCUT2D eigenvalue weighted by molar-refractivity contribution is 0.102. The fraction of sp³-hybridized carbons (Fsp3) is 0.200. The van der Waals surface area contributed by atoms with Gasteiger partial charge in [0.15, 0.2) is 0 Å². The van der Waals surface area contributed by atoms with Crippen LogP contribution in [0, 0.1) is 0 Å². The number of aliphatic hydroxyl groups excluding tert-OH is 1. The summed E-state index contributed by atoms with van der Waals surface area (Å²) in [6, 6.07) is 10.3. The molecule has 0 aliphatic rings. The molecule has 0 radical (unpaired) electrons. The predicted octanol–water partition coefficient (Wildman–Crippen LogP) is 1.75. The van der Waals surface area contributed by atoms with Gasteiger partial charge in [0.1, 0.15) is 11.6 Å². The highest BCUT2D eigenvalue weighted by atomic mass is 16.5. The molecule has 0 unspecified atom stereocenters. The molecular weight excluding hydrogens is 270 g/mol. The normalized spacial score (nSPS) is 10.0. The van der Waals surface area contributed by atoms with E-state index in [1.807, 2.05) is 0 Å². The second-order valence-corrected chi connectivity index (χ2v) is 4.27. The van der Waals surface area contributed by atoms with Gasteiger partial charge in [0.25, 0.3) is 5.91 Å². The molecule has 1 amide bonds. The molecule has 3 N–H and O–H groups in total. The van der Waals surface area contributed by atoms with Gasteiger partial charge in [-0.1, -0.05) is 0 Å². The maximum Gasteiger partial charge on any atom is 0.255 e. The Morgan fingerprint density at radius 3 is 2.57 bits per heavy atom. The van der Waals surface area contributed by atoms with Crippen LogP contribution in [0.4, 0.5) is 11.5 Å². The van der Waals surface area contributed by atoms with Gasteiger partial charge in [-0.15, -0.1) is 0 Å². The first kappa shape index (κ1) is 14.8. The number of anilines is 2. The van der Waals surface area contributed by atoms with E-state index in [1.165, 1.54) is 0 Å². The van der Waals surface area contributed by atoms with Crippen LogP contribution < -0.4 is 15.4 Å². The van der Waals surface area contributed by atoms with Crippen molar-refractivity contribution in [3.05, 3.63) is 48.2 Å². The van der Waals surface area contributed by atoms with Gasteiger partial charge in [-0.3, -0.25) is 4.79 Å². The van der Waals surface area contributed by atoms with Gasteiger partial charge < -0.3 is 20.5 Å². The molecule has 2 rings (SSSR count). The van der Waals surface area contributed by atoms with Crippen molar-refractivity contribution in [2.45, 2.75) is 0 Å². The van der Waals surface area contributed by atoms with Gasteiger partial charge in [-0.05, 0) is 36.4 Å². The van der Waals surface area contributed by atoms with Crippen molar-refractivity contribution in [3.8, 4) is 5.75 Å². The highest BCUT2D eigenvalue weighted by molar-refractivity contribution is 6.04. The van der Waals surface area contributed by atoms with E-state index in [1.54, 1.807) is 49.7 Å². The molecule has 0 saturated heterocycles. The summed E-state index contributed by atoms with van der Waals surface area (Å²) in [5, 5.41) is 14.4. The SMILES string of the molecule is COc1ccc(C(=O)Nc2ccc(NCCO)nc2)cc1. The standard InChI is InChI=1S/C15H17N3O3/c1-21-13-5-2-11(3-6-13)15(20)18-12-4-7-14(17-10-12)16-8-9-19/h2-7,10,19H,8-9H2,1H3,(H,16,17)(H,18,20). The van der Waals surface area contributed by atoms with E-state index in [2.05, 4.69) is 15.6 Å². The zero-order chi connectivity index (χ0) is 15.1. The average Bonchev–Trinajstić information content (AvgIpc) is 2.54. The first-order valence-corrected chi connectivity index (χ1v) is 6.49. The third-order valence-corrected chi connectivity index (χ3v) is 2.79. The molecule has 1 aromatic carbocycles. The number of amides is 1. The Morgan fingerprint density at radius 2 is 2.00 bits per heavy atom. The summed E-state index contributed by atoms with van der Waals surface area (Å²) < 4.78 is 5.05. The number of nitrogens with zero attached hydrogens (tertiary/aromatic N) is 1. The molecule has 0 fully saturated rings. The van der Waals surface area contributed by atoms with E-state index in [4.69, 9.17) is 9.84 Å². The van der Waals surface area contributed by atoms with Crippen molar-refractivity contribution in [2.24, 2.45) is 0 Å². The number of pyridine rings is 1. The van der Waals surface area contributed by atoms with Crippen molar-refractivity contribution in [3.63, 3.8) is 0 Å². The van der Waals surface area contributed by atoms with Crippen molar-refractivity contribution >= 4 is 17.4 Å². The number of hydrogen-bond donors (Lipinski definition) is 3. The molecule has 0 aliphatic heterocycles. The third-order valence-electron chi connectivity index (χ3n) is 2.79. The highest BCUT2D eigenvalue weighted by Gasteiger charge is 2.06. The predicted molar refractivity (Wildman–Crippen MR) is 80.8 cm³/mol. The van der Waals surface area contributed by atoms with Crippen LogP contribution in [0.1, 0.15) is 10.4 Å². The zero-order valence-electron chi connectivity index (χ0n) is 11.7. The van der Waals surface area contributed by atoms with Crippen LogP contribution in [0.25, 0.3) is 0 Å². The molecule has 0 spiro atoms. The molecule has 21 heavy (non-hydrogen) atoms. The van der Waals surface area contributed by atoms with E-state index in [9.17, 15) is 4.79 Å². The summed E-state index contributed by atoms with van der Waals surface area (Å²) >= 11 is 0. The number of hydrogen-bond acceptors (Lipinski definition) is 5. The van der Waals surface area contributed by atoms with E-state index in [-0.39, 0.29) is 12.5 Å². The Kier molecular flexibility index (Phi) is 5.11. The van der Waals surface area contributed by atoms with Crippen LogP contribution in [0.5, 0.6) is 5.75 Å². The van der Waals surface area contributed by atoms with Crippen molar-refractivity contribution in [2.75, 3.05) is 30.9 Å². The number of ether oxygens (including phenoxy) is 1. The summed E-state index contributed by atoms with van der Waals surface area (Å²) in [4.78, 5) is 16.2. The molecule has 0 bridgehead atoms. The van der Waals surface area contributed by atoms with Gasteiger partial charge in [0.2, 0.25) is 0 Å². The number of carbonyl (C=O) groups is 1. The number of methoxy groups -OCH3 is 1. The van der Waals surface area contributed by atoms with Crippen LogP contribution in [0.2, 0.25) is 0 Å². The molecule has 0 saturated carbocycles. The molecule has 0 aliphatic carbocycles. The van der Waals surface area contributed by atoms with Gasteiger partial charge in [-0.2, -0.15) is 0 Å². The number of carbonyl (C=O) groups excluding carboxylic acids is 1. The Balaban J connectivity index is 1.98. The van der Waals surface area contributed by atoms with E-state index in [0.29, 0.717) is 29.4 Å². The Morgan fingerprint density at radius 1 is 1.24 bits per heavy atom. The fourth-order valence-corrected chi connectivity index (χ4v) is 1.70. The number of nitrogens with one attached hydrogen (secondary N) is 2. The summed E-state index contributed by atoms with van der Waals surface area (Å²) in [5.74, 6) is 1.13. The Labute approximate surface area is 122 Å². The third kappa shape index (κ3) is 4.19. The van der Waals surface area contributed by atoms with Crippen LogP contribution in [-0.4, -0.2) is 36.3 Å². The minimum Gasteiger partial charge on any atom is -0.497 e. The van der Waals surface area contributed by atoms with Gasteiger partial charge in [-0.25, -0.2) is 4.98 Å². The smallest absolute Gasteiger partial charge is 0.255 e. The lowest BCUT2D eigenvalue weighted by Crippen LogP contribution is -2.12. The minimum atomic E-state index is -0.212. The lowest BCUT2D eigenvalue weighted by atomic mass is 10.2. The van der Waals surface area contributed by atoms with Gasteiger partial charge >= 0.3 is 0 Å². The molecular formula is C15H17N3O3. The second kappa shape index (κ2) is 7.25.